The number of carbonyl (C=O) groups excluding carboxylic acids is 1. The SMILES string of the molecule is O=C(O)C1CSC23NC4(CNC4)C(=O)N2CN13. The number of rotatable bonds is 1. The Morgan fingerprint density at radius 1 is 1.53 bits per heavy atom. The first-order valence-corrected chi connectivity index (χ1v) is 6.53. The molecule has 0 aromatic carbocycles. The zero-order valence-electron chi connectivity index (χ0n) is 8.97. The maximum atomic E-state index is 12.2. The van der Waals surface area contributed by atoms with Crippen LogP contribution in [-0.2, 0) is 9.59 Å². The number of carboxylic acids is 1. The summed E-state index contributed by atoms with van der Waals surface area (Å²) in [5.74, 6) is -0.183. The van der Waals surface area contributed by atoms with Crippen LogP contribution < -0.4 is 10.6 Å². The van der Waals surface area contributed by atoms with Gasteiger partial charge in [0.15, 0.2) is 0 Å². The second-order valence-corrected chi connectivity index (χ2v) is 6.12. The van der Waals surface area contributed by atoms with Crippen molar-refractivity contribution in [2.24, 2.45) is 0 Å². The maximum Gasteiger partial charge on any atom is 0.321 e. The molecule has 0 aromatic rings. The van der Waals surface area contributed by atoms with E-state index in [0.717, 1.165) is 0 Å². The van der Waals surface area contributed by atoms with E-state index in [2.05, 4.69) is 10.6 Å². The quantitative estimate of drug-likeness (QED) is 0.493. The zero-order valence-corrected chi connectivity index (χ0v) is 9.79. The van der Waals surface area contributed by atoms with Crippen LogP contribution in [0.25, 0.3) is 0 Å². The van der Waals surface area contributed by atoms with Crippen molar-refractivity contribution < 1.29 is 14.7 Å². The summed E-state index contributed by atoms with van der Waals surface area (Å²) in [4.78, 5) is 27.0. The molecule has 2 atom stereocenters. The van der Waals surface area contributed by atoms with Crippen LogP contribution >= 0.6 is 11.8 Å². The van der Waals surface area contributed by atoms with Gasteiger partial charge in [-0.2, -0.15) is 0 Å². The van der Waals surface area contributed by atoms with Crippen molar-refractivity contribution >= 4 is 23.6 Å². The highest BCUT2D eigenvalue weighted by Gasteiger charge is 2.73. The van der Waals surface area contributed by atoms with Gasteiger partial charge in [0.05, 0.1) is 6.67 Å². The van der Waals surface area contributed by atoms with Gasteiger partial charge in [-0.05, 0) is 0 Å². The molecule has 0 aromatic heterocycles. The van der Waals surface area contributed by atoms with E-state index in [9.17, 15) is 9.59 Å². The van der Waals surface area contributed by atoms with Gasteiger partial charge in [0.25, 0.3) is 0 Å². The first-order chi connectivity index (χ1) is 8.09. The maximum absolute atomic E-state index is 12.2. The van der Waals surface area contributed by atoms with Gasteiger partial charge < -0.3 is 10.4 Å². The number of aliphatic carboxylic acids is 1. The number of carbonyl (C=O) groups is 2. The van der Waals surface area contributed by atoms with Crippen molar-refractivity contribution in [1.82, 2.24) is 20.4 Å². The van der Waals surface area contributed by atoms with Crippen LogP contribution in [0, 0.1) is 0 Å². The van der Waals surface area contributed by atoms with Crippen molar-refractivity contribution in [3.05, 3.63) is 0 Å². The molecule has 2 spiro atoms. The van der Waals surface area contributed by atoms with Crippen LogP contribution in [-0.4, -0.2) is 69.0 Å². The van der Waals surface area contributed by atoms with Crippen LogP contribution in [0.2, 0.25) is 0 Å². The minimum Gasteiger partial charge on any atom is -0.480 e. The summed E-state index contributed by atoms with van der Waals surface area (Å²) in [7, 11) is 0. The van der Waals surface area contributed by atoms with E-state index >= 15 is 0 Å². The summed E-state index contributed by atoms with van der Waals surface area (Å²) in [5, 5.41) is 15.0. The van der Waals surface area contributed by atoms with Gasteiger partial charge >= 0.3 is 5.97 Å². The molecule has 3 N–H and O–H groups in total. The van der Waals surface area contributed by atoms with Gasteiger partial charge in [0.1, 0.15) is 11.6 Å². The van der Waals surface area contributed by atoms with E-state index in [1.165, 1.54) is 11.8 Å². The third-order valence-corrected chi connectivity index (χ3v) is 5.50. The Bertz CT molecular complexity index is 440. The lowest BCUT2D eigenvalue weighted by atomic mass is 9.93. The number of amides is 1. The fraction of sp³-hybridized carbons (Fsp3) is 0.778. The minimum atomic E-state index is -0.809. The number of nitrogens with zero attached hydrogens (tertiary/aromatic N) is 2. The van der Waals surface area contributed by atoms with Crippen LogP contribution in [0.5, 0.6) is 0 Å². The van der Waals surface area contributed by atoms with Crippen molar-refractivity contribution in [3.8, 4) is 0 Å². The Morgan fingerprint density at radius 2 is 2.29 bits per heavy atom. The fourth-order valence-corrected chi connectivity index (χ4v) is 4.62. The summed E-state index contributed by atoms with van der Waals surface area (Å²) < 4.78 is 0. The predicted octanol–water partition coefficient (Wildman–Crippen LogP) is -2.16. The molecule has 0 radical (unpaired) electrons. The van der Waals surface area contributed by atoms with E-state index < -0.39 is 22.7 Å². The molecular weight excluding hydrogens is 244 g/mol. The third kappa shape index (κ3) is 0.931. The van der Waals surface area contributed by atoms with Crippen molar-refractivity contribution in [1.29, 1.82) is 0 Å². The highest BCUT2D eigenvalue weighted by atomic mass is 32.2. The second-order valence-electron chi connectivity index (χ2n) is 4.93. The molecule has 8 heteroatoms. The van der Waals surface area contributed by atoms with E-state index in [1.54, 1.807) is 4.90 Å². The second kappa shape index (κ2) is 2.77. The molecular formula is C9H12N4O3S. The molecule has 0 aliphatic carbocycles. The molecule has 0 bridgehead atoms. The van der Waals surface area contributed by atoms with Gasteiger partial charge in [0.2, 0.25) is 11.0 Å². The number of hydrogen-bond donors (Lipinski definition) is 3. The third-order valence-electron chi connectivity index (χ3n) is 4.06. The molecule has 4 rings (SSSR count). The topological polar surface area (TPSA) is 84.9 Å². The van der Waals surface area contributed by atoms with E-state index in [1.807, 2.05) is 4.90 Å². The smallest absolute Gasteiger partial charge is 0.321 e. The lowest BCUT2D eigenvalue weighted by molar-refractivity contribution is -0.174. The average molecular weight is 256 g/mol. The molecule has 0 saturated carbocycles. The number of nitrogens with one attached hydrogen (secondary N) is 2. The Hall–Kier alpha value is -0.830. The molecule has 92 valence electrons. The molecule has 4 aliphatic heterocycles. The molecule has 4 saturated heterocycles. The largest absolute Gasteiger partial charge is 0.480 e. The highest BCUT2D eigenvalue weighted by Crippen LogP contribution is 2.52. The molecule has 17 heavy (non-hydrogen) atoms. The monoisotopic (exact) mass is 256 g/mol. The summed E-state index contributed by atoms with van der Waals surface area (Å²) >= 11 is 1.51. The Balaban J connectivity index is 1.68. The Morgan fingerprint density at radius 3 is 2.88 bits per heavy atom. The van der Waals surface area contributed by atoms with Gasteiger partial charge in [-0.25, -0.2) is 4.90 Å². The Labute approximate surface area is 101 Å². The Kier molecular flexibility index (Phi) is 1.65. The van der Waals surface area contributed by atoms with Gasteiger partial charge in [-0.3, -0.25) is 19.8 Å². The minimum absolute atomic E-state index is 0.103. The van der Waals surface area contributed by atoms with Crippen LogP contribution in [0.15, 0.2) is 0 Å². The highest BCUT2D eigenvalue weighted by molar-refractivity contribution is 8.00. The molecule has 4 heterocycles. The summed E-state index contributed by atoms with van der Waals surface area (Å²) in [5.41, 5.74) is -0.491. The molecule has 4 aliphatic rings. The lowest BCUT2D eigenvalue weighted by Crippen LogP contribution is -2.75. The normalized spacial score (nSPS) is 42.0. The van der Waals surface area contributed by atoms with E-state index in [0.29, 0.717) is 25.5 Å². The lowest BCUT2D eigenvalue weighted by Gasteiger charge is -2.52. The van der Waals surface area contributed by atoms with E-state index in [4.69, 9.17) is 5.11 Å². The van der Waals surface area contributed by atoms with Gasteiger partial charge in [-0.1, -0.05) is 11.8 Å². The average Bonchev–Trinajstić information content (AvgIpc) is 2.58. The first-order valence-electron chi connectivity index (χ1n) is 5.55. The van der Waals surface area contributed by atoms with Crippen molar-refractivity contribution in [3.63, 3.8) is 0 Å². The standard InChI is InChI=1S/C9H12N4O3S/c14-6(15)5-1-17-9-11-8(2-10-3-8)7(16)13(9)4-12(5)9/h5,10-11H,1-4H2,(H,14,15). The predicted molar refractivity (Wildman–Crippen MR) is 58.9 cm³/mol. The number of thioether (sulfide) groups is 1. The summed E-state index contributed by atoms with van der Waals surface area (Å²) in [6, 6.07) is -0.486. The summed E-state index contributed by atoms with van der Waals surface area (Å²) in [6.45, 7) is 1.70. The van der Waals surface area contributed by atoms with Crippen LogP contribution in [0.4, 0.5) is 0 Å². The van der Waals surface area contributed by atoms with Gasteiger partial charge in [0, 0.05) is 18.8 Å². The summed E-state index contributed by atoms with van der Waals surface area (Å²) in [6.07, 6.45) is 0. The molecule has 7 nitrogen and oxygen atoms in total. The molecule has 1 amide bonds. The van der Waals surface area contributed by atoms with E-state index in [-0.39, 0.29) is 5.91 Å². The first kappa shape index (κ1) is 10.1. The van der Waals surface area contributed by atoms with Crippen molar-refractivity contribution in [2.75, 3.05) is 25.5 Å². The zero-order chi connectivity index (χ0) is 11.8. The van der Waals surface area contributed by atoms with Crippen LogP contribution in [0.1, 0.15) is 0 Å². The van der Waals surface area contributed by atoms with Crippen molar-refractivity contribution in [2.45, 2.75) is 16.7 Å². The van der Waals surface area contributed by atoms with Crippen LogP contribution in [0.3, 0.4) is 0 Å². The number of hydrogen-bond acceptors (Lipinski definition) is 6. The molecule has 4 fully saturated rings. The van der Waals surface area contributed by atoms with Gasteiger partial charge in [-0.15, -0.1) is 0 Å². The number of carboxylic acid groups (broad SMARTS) is 1. The fourth-order valence-electron chi connectivity index (χ4n) is 3.00. The molecule has 2 unspecified atom stereocenters.